The van der Waals surface area contributed by atoms with Gasteiger partial charge in [-0.15, -0.1) is 11.8 Å². The van der Waals surface area contributed by atoms with Crippen LogP contribution in [-0.2, 0) is 4.79 Å². The third-order valence-electron chi connectivity index (χ3n) is 4.12. The summed E-state index contributed by atoms with van der Waals surface area (Å²) < 4.78 is 0. The van der Waals surface area contributed by atoms with Gasteiger partial charge in [-0.2, -0.15) is 0 Å². The van der Waals surface area contributed by atoms with Crippen molar-refractivity contribution in [1.82, 2.24) is 0 Å². The Morgan fingerprint density at radius 3 is 2.64 bits per heavy atom. The van der Waals surface area contributed by atoms with E-state index >= 15 is 0 Å². The molecule has 2 aromatic carbocycles. The Balaban J connectivity index is 1.95. The van der Waals surface area contributed by atoms with E-state index in [1.807, 2.05) is 6.92 Å². The standard InChI is InChI=1S/C18H20BrNOS/c1-13(10-21)22-12-20(11-19)18-9-8-15(14-6-7-14)16-4-2-3-5-17(16)18/h2-5,8-10,13-14H,6-7,11-12H2,1H3. The molecule has 0 aromatic heterocycles. The Hall–Kier alpha value is -1.00. The minimum absolute atomic E-state index is 0.0264. The summed E-state index contributed by atoms with van der Waals surface area (Å²) in [7, 11) is 0. The molecule has 1 fully saturated rings. The molecule has 0 radical (unpaired) electrons. The molecule has 3 rings (SSSR count). The fourth-order valence-corrected chi connectivity index (χ4v) is 4.15. The highest BCUT2D eigenvalue weighted by Gasteiger charge is 2.26. The third kappa shape index (κ3) is 3.33. The van der Waals surface area contributed by atoms with Crippen molar-refractivity contribution >= 4 is 50.4 Å². The van der Waals surface area contributed by atoms with Crippen LogP contribution in [0.5, 0.6) is 0 Å². The molecule has 0 heterocycles. The van der Waals surface area contributed by atoms with E-state index in [9.17, 15) is 4.79 Å². The number of fused-ring (bicyclic) bond motifs is 1. The maximum absolute atomic E-state index is 10.8. The second kappa shape index (κ2) is 7.05. The number of thioether (sulfide) groups is 1. The number of hydrogen-bond acceptors (Lipinski definition) is 3. The average molecular weight is 378 g/mol. The molecule has 0 saturated heterocycles. The van der Waals surface area contributed by atoms with E-state index in [0.717, 1.165) is 23.5 Å². The van der Waals surface area contributed by atoms with Crippen molar-refractivity contribution in [3.63, 3.8) is 0 Å². The third-order valence-corrected chi connectivity index (χ3v) is 5.82. The first-order valence-electron chi connectivity index (χ1n) is 7.64. The first-order valence-corrected chi connectivity index (χ1v) is 9.81. The smallest absolute Gasteiger partial charge is 0.132 e. The summed E-state index contributed by atoms with van der Waals surface area (Å²) in [5.41, 5.74) is 3.49. The Kier molecular flexibility index (Phi) is 5.09. The second-order valence-corrected chi connectivity index (χ2v) is 7.63. The highest BCUT2D eigenvalue weighted by atomic mass is 79.9. The molecule has 1 saturated carbocycles. The fraction of sp³-hybridized carbons (Fsp3) is 0.389. The van der Waals surface area contributed by atoms with Gasteiger partial charge in [0.15, 0.2) is 0 Å². The zero-order chi connectivity index (χ0) is 15.5. The van der Waals surface area contributed by atoms with Crippen LogP contribution in [0.1, 0.15) is 31.2 Å². The SMILES string of the molecule is CC(C=O)SCN(CBr)c1ccc(C2CC2)c2ccccc12. The Labute approximate surface area is 144 Å². The minimum atomic E-state index is 0.0264. The maximum Gasteiger partial charge on any atom is 0.132 e. The molecule has 0 spiro atoms. The Morgan fingerprint density at radius 2 is 2.00 bits per heavy atom. The molecule has 22 heavy (non-hydrogen) atoms. The number of aldehydes is 1. The van der Waals surface area contributed by atoms with Crippen LogP contribution in [0.3, 0.4) is 0 Å². The number of halogens is 1. The lowest BCUT2D eigenvalue weighted by Crippen LogP contribution is -2.22. The maximum atomic E-state index is 10.8. The van der Waals surface area contributed by atoms with Crippen molar-refractivity contribution in [2.75, 3.05) is 16.2 Å². The largest absolute Gasteiger partial charge is 0.352 e. The summed E-state index contributed by atoms with van der Waals surface area (Å²) in [6.45, 7) is 1.94. The zero-order valence-corrected chi connectivity index (χ0v) is 15.1. The van der Waals surface area contributed by atoms with Gasteiger partial charge in [0.05, 0.1) is 16.6 Å². The van der Waals surface area contributed by atoms with Crippen LogP contribution in [-0.4, -0.2) is 22.9 Å². The predicted octanol–water partition coefficient (Wildman–Crippen LogP) is 5.15. The summed E-state index contributed by atoms with van der Waals surface area (Å²) >= 11 is 5.26. The molecule has 1 unspecified atom stereocenters. The molecule has 4 heteroatoms. The number of benzene rings is 2. The van der Waals surface area contributed by atoms with Gasteiger partial charge in [0.2, 0.25) is 0 Å². The normalized spacial score (nSPS) is 15.7. The van der Waals surface area contributed by atoms with Gasteiger partial charge in [-0.05, 0) is 42.7 Å². The summed E-state index contributed by atoms with van der Waals surface area (Å²) in [6.07, 6.45) is 3.64. The first-order chi connectivity index (χ1) is 10.7. The van der Waals surface area contributed by atoms with Crippen molar-refractivity contribution < 1.29 is 4.79 Å². The van der Waals surface area contributed by atoms with Crippen molar-refractivity contribution in [3.05, 3.63) is 42.0 Å². The summed E-state index contributed by atoms with van der Waals surface area (Å²) in [4.78, 5) is 13.1. The van der Waals surface area contributed by atoms with Crippen molar-refractivity contribution in [2.45, 2.75) is 30.9 Å². The molecule has 1 aliphatic carbocycles. The van der Waals surface area contributed by atoms with Crippen molar-refractivity contribution in [2.24, 2.45) is 0 Å². The van der Waals surface area contributed by atoms with Gasteiger partial charge in [-0.1, -0.05) is 46.3 Å². The van der Waals surface area contributed by atoms with Crippen LogP contribution in [0.4, 0.5) is 5.69 Å². The average Bonchev–Trinajstić information content (AvgIpc) is 3.39. The minimum Gasteiger partial charge on any atom is -0.352 e. The van der Waals surface area contributed by atoms with E-state index in [0.29, 0.717) is 0 Å². The molecule has 2 aromatic rings. The van der Waals surface area contributed by atoms with Crippen LogP contribution >= 0.6 is 27.7 Å². The van der Waals surface area contributed by atoms with Gasteiger partial charge in [-0.25, -0.2) is 0 Å². The summed E-state index contributed by atoms with van der Waals surface area (Å²) in [5.74, 6) is 1.55. The number of rotatable bonds is 7. The van der Waals surface area contributed by atoms with Crippen LogP contribution < -0.4 is 4.90 Å². The lowest BCUT2D eigenvalue weighted by molar-refractivity contribution is -0.107. The predicted molar refractivity (Wildman–Crippen MR) is 100 cm³/mol. The number of carbonyl (C=O) groups is 1. The number of nitrogens with zero attached hydrogens (tertiary/aromatic N) is 1. The van der Waals surface area contributed by atoms with E-state index < -0.39 is 0 Å². The van der Waals surface area contributed by atoms with E-state index in [-0.39, 0.29) is 5.25 Å². The summed E-state index contributed by atoms with van der Waals surface area (Å²) in [5, 5.41) is 2.71. The number of anilines is 1. The highest BCUT2D eigenvalue weighted by molar-refractivity contribution is 9.09. The Bertz CT molecular complexity index is 671. The quantitative estimate of drug-likeness (QED) is 0.288. The van der Waals surface area contributed by atoms with Crippen LogP contribution in [0.15, 0.2) is 36.4 Å². The molecule has 116 valence electrons. The van der Waals surface area contributed by atoms with Gasteiger partial charge >= 0.3 is 0 Å². The van der Waals surface area contributed by atoms with Gasteiger partial charge < -0.3 is 9.69 Å². The first kappa shape index (κ1) is 15.9. The van der Waals surface area contributed by atoms with Gasteiger partial charge in [0, 0.05) is 11.1 Å². The molecule has 1 aliphatic rings. The van der Waals surface area contributed by atoms with E-state index in [1.54, 1.807) is 11.8 Å². The molecule has 2 nitrogen and oxygen atoms in total. The highest BCUT2D eigenvalue weighted by Crippen LogP contribution is 2.44. The molecule has 0 N–H and O–H groups in total. The van der Waals surface area contributed by atoms with Gasteiger partial charge in [-0.3, -0.25) is 0 Å². The monoisotopic (exact) mass is 377 g/mol. The van der Waals surface area contributed by atoms with Crippen LogP contribution in [0.25, 0.3) is 10.8 Å². The lowest BCUT2D eigenvalue weighted by atomic mass is 9.99. The van der Waals surface area contributed by atoms with Gasteiger partial charge in [0.25, 0.3) is 0 Å². The number of hydrogen-bond donors (Lipinski definition) is 0. The fourth-order valence-electron chi connectivity index (χ4n) is 2.75. The number of alkyl halides is 1. The summed E-state index contributed by atoms with van der Waals surface area (Å²) in [6, 6.07) is 13.2. The van der Waals surface area contributed by atoms with Crippen molar-refractivity contribution in [1.29, 1.82) is 0 Å². The van der Waals surface area contributed by atoms with Crippen LogP contribution in [0.2, 0.25) is 0 Å². The van der Waals surface area contributed by atoms with Gasteiger partial charge in [0.1, 0.15) is 6.29 Å². The molecular weight excluding hydrogens is 358 g/mol. The topological polar surface area (TPSA) is 20.3 Å². The molecule has 1 atom stereocenters. The molecular formula is C18H20BrNOS. The molecule has 0 aliphatic heterocycles. The number of carbonyl (C=O) groups excluding carboxylic acids is 1. The Morgan fingerprint density at radius 1 is 1.27 bits per heavy atom. The molecule has 0 bridgehead atoms. The van der Waals surface area contributed by atoms with E-state index in [1.165, 1.54) is 34.9 Å². The van der Waals surface area contributed by atoms with E-state index in [2.05, 4.69) is 57.2 Å². The van der Waals surface area contributed by atoms with Crippen LogP contribution in [0, 0.1) is 0 Å². The van der Waals surface area contributed by atoms with E-state index in [4.69, 9.17) is 0 Å². The molecule has 0 amide bonds. The lowest BCUT2D eigenvalue weighted by Gasteiger charge is -2.25. The second-order valence-electron chi connectivity index (χ2n) is 5.79. The zero-order valence-electron chi connectivity index (χ0n) is 12.7. The van der Waals surface area contributed by atoms with Crippen molar-refractivity contribution in [3.8, 4) is 0 Å².